The van der Waals surface area contributed by atoms with Crippen LogP contribution in [0.15, 0.2) is 29.1 Å². The van der Waals surface area contributed by atoms with E-state index < -0.39 is 0 Å². The van der Waals surface area contributed by atoms with Crippen molar-refractivity contribution < 1.29 is 4.42 Å². The Balaban J connectivity index is 2.52. The van der Waals surface area contributed by atoms with Crippen molar-refractivity contribution in [2.24, 2.45) is 12.8 Å². The molecule has 2 aromatic rings. The number of imidazole rings is 1. The van der Waals surface area contributed by atoms with Gasteiger partial charge in [-0.3, -0.25) is 0 Å². The standard InChI is InChI=1S/C9H11N3O/c1-12-4-3-11-9(12)7-2-5-13-8(7)6-10/h2-5H,6,10H2,1H3. The molecular formula is C9H11N3O. The van der Waals surface area contributed by atoms with E-state index in [1.807, 2.05) is 23.9 Å². The van der Waals surface area contributed by atoms with Gasteiger partial charge in [0.05, 0.1) is 18.4 Å². The minimum atomic E-state index is 0.398. The average molecular weight is 177 g/mol. The number of nitrogens with two attached hydrogens (primary N) is 1. The Morgan fingerprint density at radius 3 is 3.08 bits per heavy atom. The number of hydrogen-bond donors (Lipinski definition) is 1. The maximum absolute atomic E-state index is 5.52. The van der Waals surface area contributed by atoms with E-state index in [-0.39, 0.29) is 0 Å². The van der Waals surface area contributed by atoms with E-state index in [0.717, 1.165) is 17.1 Å². The predicted octanol–water partition coefficient (Wildman–Crippen LogP) is 1.14. The topological polar surface area (TPSA) is 57.0 Å². The molecule has 2 heterocycles. The van der Waals surface area contributed by atoms with Crippen LogP contribution in [0.25, 0.3) is 11.4 Å². The van der Waals surface area contributed by atoms with E-state index in [4.69, 9.17) is 10.2 Å². The fourth-order valence-corrected chi connectivity index (χ4v) is 1.32. The molecule has 0 bridgehead atoms. The molecule has 0 aromatic carbocycles. The largest absolute Gasteiger partial charge is 0.467 e. The van der Waals surface area contributed by atoms with Gasteiger partial charge in [0.2, 0.25) is 0 Å². The third-order valence-corrected chi connectivity index (χ3v) is 1.99. The second kappa shape index (κ2) is 3.06. The van der Waals surface area contributed by atoms with E-state index in [1.54, 1.807) is 12.5 Å². The van der Waals surface area contributed by atoms with Gasteiger partial charge in [-0.15, -0.1) is 0 Å². The summed E-state index contributed by atoms with van der Waals surface area (Å²) in [6.07, 6.45) is 5.28. The van der Waals surface area contributed by atoms with Gasteiger partial charge in [-0.05, 0) is 6.07 Å². The molecule has 4 heteroatoms. The lowest BCUT2D eigenvalue weighted by Gasteiger charge is -1.99. The number of aryl methyl sites for hydroxylation is 1. The van der Waals surface area contributed by atoms with Gasteiger partial charge in [0.25, 0.3) is 0 Å². The molecule has 68 valence electrons. The molecule has 0 aliphatic carbocycles. The molecule has 0 atom stereocenters. The molecule has 0 amide bonds. The predicted molar refractivity (Wildman–Crippen MR) is 48.8 cm³/mol. The second-order valence-corrected chi connectivity index (χ2v) is 2.82. The summed E-state index contributed by atoms with van der Waals surface area (Å²) in [5, 5.41) is 0. The quantitative estimate of drug-likeness (QED) is 0.748. The lowest BCUT2D eigenvalue weighted by atomic mass is 10.2. The molecule has 2 N–H and O–H groups in total. The van der Waals surface area contributed by atoms with Crippen molar-refractivity contribution in [2.75, 3.05) is 0 Å². The third-order valence-electron chi connectivity index (χ3n) is 1.99. The summed E-state index contributed by atoms with van der Waals surface area (Å²) in [5.74, 6) is 1.66. The van der Waals surface area contributed by atoms with Crippen LogP contribution in [0.3, 0.4) is 0 Å². The molecule has 0 saturated carbocycles. The fourth-order valence-electron chi connectivity index (χ4n) is 1.32. The van der Waals surface area contributed by atoms with E-state index >= 15 is 0 Å². The summed E-state index contributed by atoms with van der Waals surface area (Å²) in [6, 6.07) is 1.88. The van der Waals surface area contributed by atoms with Gasteiger partial charge in [-0.1, -0.05) is 0 Å². The van der Waals surface area contributed by atoms with Crippen LogP contribution in [-0.4, -0.2) is 9.55 Å². The maximum Gasteiger partial charge on any atom is 0.143 e. The first-order valence-electron chi connectivity index (χ1n) is 4.07. The highest BCUT2D eigenvalue weighted by Gasteiger charge is 2.10. The van der Waals surface area contributed by atoms with Crippen molar-refractivity contribution in [1.29, 1.82) is 0 Å². The highest BCUT2D eigenvalue weighted by molar-refractivity contribution is 5.57. The van der Waals surface area contributed by atoms with Gasteiger partial charge in [0.1, 0.15) is 11.6 Å². The van der Waals surface area contributed by atoms with Crippen molar-refractivity contribution in [3.05, 3.63) is 30.5 Å². The van der Waals surface area contributed by atoms with E-state index in [2.05, 4.69) is 4.98 Å². The number of hydrogen-bond acceptors (Lipinski definition) is 3. The van der Waals surface area contributed by atoms with Crippen LogP contribution < -0.4 is 5.73 Å². The van der Waals surface area contributed by atoms with E-state index in [1.165, 1.54) is 0 Å². The lowest BCUT2D eigenvalue weighted by molar-refractivity contribution is 0.513. The van der Waals surface area contributed by atoms with Crippen LogP contribution in [0.1, 0.15) is 5.76 Å². The summed E-state index contributed by atoms with van der Waals surface area (Å²) < 4.78 is 7.15. The monoisotopic (exact) mass is 177 g/mol. The lowest BCUT2D eigenvalue weighted by Crippen LogP contribution is -1.98. The number of rotatable bonds is 2. The van der Waals surface area contributed by atoms with Crippen molar-refractivity contribution in [3.63, 3.8) is 0 Å². The van der Waals surface area contributed by atoms with Gasteiger partial charge in [0.15, 0.2) is 0 Å². The van der Waals surface area contributed by atoms with Crippen molar-refractivity contribution in [1.82, 2.24) is 9.55 Å². The Bertz CT molecular complexity index is 402. The zero-order valence-corrected chi connectivity index (χ0v) is 7.40. The first-order valence-corrected chi connectivity index (χ1v) is 4.07. The highest BCUT2D eigenvalue weighted by atomic mass is 16.3. The molecular weight excluding hydrogens is 166 g/mol. The smallest absolute Gasteiger partial charge is 0.143 e. The van der Waals surface area contributed by atoms with Crippen LogP contribution >= 0.6 is 0 Å². The Morgan fingerprint density at radius 1 is 1.62 bits per heavy atom. The highest BCUT2D eigenvalue weighted by Crippen LogP contribution is 2.21. The maximum atomic E-state index is 5.52. The zero-order chi connectivity index (χ0) is 9.26. The van der Waals surface area contributed by atoms with Crippen LogP contribution in [0.5, 0.6) is 0 Å². The van der Waals surface area contributed by atoms with Crippen LogP contribution in [0, 0.1) is 0 Å². The fraction of sp³-hybridized carbons (Fsp3) is 0.222. The number of aromatic nitrogens is 2. The van der Waals surface area contributed by atoms with Crippen molar-refractivity contribution >= 4 is 0 Å². The molecule has 0 radical (unpaired) electrons. The summed E-state index contributed by atoms with van der Waals surface area (Å²) >= 11 is 0. The Labute approximate surface area is 76.0 Å². The van der Waals surface area contributed by atoms with Crippen molar-refractivity contribution in [2.45, 2.75) is 6.54 Å². The van der Waals surface area contributed by atoms with E-state index in [9.17, 15) is 0 Å². The molecule has 0 unspecified atom stereocenters. The molecule has 2 rings (SSSR count). The van der Waals surface area contributed by atoms with Gasteiger partial charge in [-0.2, -0.15) is 0 Å². The summed E-state index contributed by atoms with van der Waals surface area (Å²) in [6.45, 7) is 0.398. The molecule has 2 aromatic heterocycles. The van der Waals surface area contributed by atoms with E-state index in [0.29, 0.717) is 6.54 Å². The molecule has 0 aliphatic heterocycles. The molecule has 0 fully saturated rings. The Hall–Kier alpha value is -1.55. The Morgan fingerprint density at radius 2 is 2.46 bits per heavy atom. The molecule has 0 spiro atoms. The van der Waals surface area contributed by atoms with Gasteiger partial charge >= 0.3 is 0 Å². The average Bonchev–Trinajstić information content (AvgIpc) is 2.71. The normalized spacial score (nSPS) is 10.6. The first-order chi connectivity index (χ1) is 6.33. The van der Waals surface area contributed by atoms with Crippen LogP contribution in [-0.2, 0) is 13.6 Å². The zero-order valence-electron chi connectivity index (χ0n) is 7.40. The SMILES string of the molecule is Cn1ccnc1-c1ccoc1CN. The Kier molecular flexibility index (Phi) is 1.90. The molecule has 13 heavy (non-hydrogen) atoms. The van der Waals surface area contributed by atoms with Crippen LogP contribution in [0.2, 0.25) is 0 Å². The van der Waals surface area contributed by atoms with Crippen molar-refractivity contribution in [3.8, 4) is 11.4 Å². The number of furan rings is 1. The first kappa shape index (κ1) is 8.07. The van der Waals surface area contributed by atoms with Gasteiger partial charge in [0, 0.05) is 19.4 Å². The van der Waals surface area contributed by atoms with Gasteiger partial charge < -0.3 is 14.7 Å². The minimum absolute atomic E-state index is 0.398. The number of nitrogens with zero attached hydrogens (tertiary/aromatic N) is 2. The second-order valence-electron chi connectivity index (χ2n) is 2.82. The summed E-state index contributed by atoms with van der Waals surface area (Å²) in [7, 11) is 1.94. The summed E-state index contributed by atoms with van der Waals surface area (Å²) in [5.41, 5.74) is 6.49. The molecule has 4 nitrogen and oxygen atoms in total. The molecule has 0 aliphatic rings. The summed E-state index contributed by atoms with van der Waals surface area (Å²) in [4.78, 5) is 4.21. The molecule has 0 saturated heterocycles. The minimum Gasteiger partial charge on any atom is -0.467 e. The third kappa shape index (κ3) is 1.25. The van der Waals surface area contributed by atoms with Crippen LogP contribution in [0.4, 0.5) is 0 Å². The van der Waals surface area contributed by atoms with Gasteiger partial charge in [-0.25, -0.2) is 4.98 Å².